The fourth-order valence-corrected chi connectivity index (χ4v) is 4.53. The molecular weight excluding hydrogens is 404 g/mol. The van der Waals surface area contributed by atoms with Gasteiger partial charge in [-0.25, -0.2) is 0 Å². The van der Waals surface area contributed by atoms with Crippen LogP contribution in [0.25, 0.3) is 0 Å². The number of carbonyl (C=O) groups is 1. The first kappa shape index (κ1) is 22.5. The average molecular weight is 433 g/mol. The number of nitriles is 1. The first-order valence-electron chi connectivity index (χ1n) is 10.3. The minimum Gasteiger partial charge on any atom is -0.370 e. The van der Waals surface area contributed by atoms with Gasteiger partial charge >= 0.3 is 0 Å². The summed E-state index contributed by atoms with van der Waals surface area (Å²) in [5.74, 6) is -0.271. The first-order valence-corrected chi connectivity index (χ1v) is 10.7. The van der Waals surface area contributed by atoms with E-state index in [1.807, 2.05) is 30.9 Å². The molecule has 1 saturated heterocycles. The summed E-state index contributed by atoms with van der Waals surface area (Å²) >= 11 is 5.92. The van der Waals surface area contributed by atoms with E-state index in [2.05, 4.69) is 55.7 Å². The van der Waals surface area contributed by atoms with Crippen molar-refractivity contribution in [2.45, 2.75) is 52.5 Å². The van der Waals surface area contributed by atoms with E-state index in [1.165, 1.54) is 0 Å². The monoisotopic (exact) mass is 432 g/mol. The van der Waals surface area contributed by atoms with Gasteiger partial charge in [0.15, 0.2) is 5.11 Å². The third-order valence-corrected chi connectivity index (χ3v) is 6.49. The highest BCUT2D eigenvalue weighted by Crippen LogP contribution is 2.43. The van der Waals surface area contributed by atoms with Crippen LogP contribution < -0.4 is 15.5 Å². The van der Waals surface area contributed by atoms with Crippen LogP contribution in [0.4, 0.5) is 11.4 Å². The predicted molar refractivity (Wildman–Crippen MR) is 130 cm³/mol. The molecule has 1 aliphatic rings. The largest absolute Gasteiger partial charge is 0.370 e. The van der Waals surface area contributed by atoms with E-state index in [0.29, 0.717) is 17.1 Å². The zero-order chi connectivity index (χ0) is 22.9. The van der Waals surface area contributed by atoms with Crippen LogP contribution in [0.1, 0.15) is 48.9 Å². The van der Waals surface area contributed by atoms with Crippen molar-refractivity contribution in [1.82, 2.24) is 0 Å². The van der Waals surface area contributed by atoms with Crippen molar-refractivity contribution in [3.63, 3.8) is 0 Å². The van der Waals surface area contributed by atoms with Crippen LogP contribution >= 0.6 is 12.2 Å². The van der Waals surface area contributed by atoms with Crippen LogP contribution in [0.2, 0.25) is 0 Å². The van der Waals surface area contributed by atoms with Gasteiger partial charge < -0.3 is 10.6 Å². The highest BCUT2D eigenvalue weighted by molar-refractivity contribution is 7.80. The fraction of sp³-hybridized carbons (Fsp3) is 0.320. The summed E-state index contributed by atoms with van der Waals surface area (Å²) in [5, 5.41) is 10.00. The van der Waals surface area contributed by atoms with Crippen molar-refractivity contribution in [3.8, 4) is 6.07 Å². The summed E-state index contributed by atoms with van der Waals surface area (Å²) in [6.07, 6.45) is 1.94. The quantitative estimate of drug-likeness (QED) is 0.658. The molecule has 0 saturated carbocycles. The van der Waals surface area contributed by atoms with Crippen molar-refractivity contribution in [1.29, 1.82) is 5.26 Å². The molecule has 1 heterocycles. The number of benzene rings is 2. The van der Waals surface area contributed by atoms with Gasteiger partial charge in [-0.15, -0.1) is 0 Å². The number of thiocarbonyl (C=S) groups is 1. The molecule has 5 nitrogen and oxygen atoms in total. The summed E-state index contributed by atoms with van der Waals surface area (Å²) in [5.41, 5.74) is 11.4. The van der Waals surface area contributed by atoms with E-state index in [4.69, 9.17) is 18.0 Å². The number of aryl methyl sites for hydroxylation is 1. The molecule has 3 rings (SSSR count). The van der Waals surface area contributed by atoms with Gasteiger partial charge in [-0.05, 0) is 93.7 Å². The average Bonchev–Trinajstić information content (AvgIpc) is 2.89. The number of nitrogens with zero attached hydrogens (tertiary/aromatic N) is 3. The zero-order valence-electron chi connectivity index (χ0n) is 18.5. The summed E-state index contributed by atoms with van der Waals surface area (Å²) < 4.78 is 0. The van der Waals surface area contributed by atoms with Crippen LogP contribution in [0.3, 0.4) is 0 Å². The molecule has 1 fully saturated rings. The van der Waals surface area contributed by atoms with Crippen molar-refractivity contribution in [2.24, 2.45) is 5.73 Å². The maximum absolute atomic E-state index is 11.0. The molecule has 2 aromatic rings. The maximum atomic E-state index is 11.0. The Bertz CT molecular complexity index is 1100. The van der Waals surface area contributed by atoms with Crippen molar-refractivity contribution in [3.05, 3.63) is 70.9 Å². The lowest BCUT2D eigenvalue weighted by Gasteiger charge is -2.31. The van der Waals surface area contributed by atoms with E-state index in [1.54, 1.807) is 0 Å². The molecule has 2 N–H and O–H groups in total. The number of anilines is 2. The summed E-state index contributed by atoms with van der Waals surface area (Å²) in [7, 11) is 0. The number of nitrogens with two attached hydrogens (primary N) is 1. The standard InChI is InChI=1S/C25H28N4OS/c1-16-17(2)22(14-11-20(16)15-26)28-18(3)25(4,5)29(24(28)31)21-12-9-19(10-13-21)7-6-8-23(27)30/h9-14H,3,6-8H2,1-2,4-5H3,(H2,27,30). The van der Waals surface area contributed by atoms with Gasteiger partial charge in [0.25, 0.3) is 0 Å². The SMILES string of the molecule is C=C1N(c2ccc(C#N)c(C)c2C)C(=S)N(c2ccc(CCCC(N)=O)cc2)C1(C)C. The molecule has 0 unspecified atom stereocenters. The Hall–Kier alpha value is -3.17. The van der Waals surface area contributed by atoms with Gasteiger partial charge in [0.05, 0.1) is 22.9 Å². The molecule has 1 aliphatic heterocycles. The number of carbonyl (C=O) groups excluding carboxylic acids is 1. The summed E-state index contributed by atoms with van der Waals surface area (Å²) in [6, 6.07) is 14.3. The lowest BCUT2D eigenvalue weighted by Crippen LogP contribution is -2.41. The Morgan fingerprint density at radius 3 is 2.39 bits per heavy atom. The lowest BCUT2D eigenvalue weighted by molar-refractivity contribution is -0.118. The Labute approximate surface area is 189 Å². The second kappa shape index (κ2) is 8.52. The Morgan fingerprint density at radius 2 is 1.81 bits per heavy atom. The van der Waals surface area contributed by atoms with Crippen molar-refractivity contribution < 1.29 is 4.79 Å². The summed E-state index contributed by atoms with van der Waals surface area (Å²) in [6.45, 7) is 12.5. The van der Waals surface area contributed by atoms with E-state index in [9.17, 15) is 10.1 Å². The minimum atomic E-state index is -0.418. The molecule has 31 heavy (non-hydrogen) atoms. The van der Waals surface area contributed by atoms with Gasteiger partial charge in [0.1, 0.15) is 0 Å². The minimum absolute atomic E-state index is 0.271. The topological polar surface area (TPSA) is 73.4 Å². The van der Waals surface area contributed by atoms with Gasteiger partial charge in [0, 0.05) is 17.8 Å². The number of amides is 1. The van der Waals surface area contributed by atoms with Crippen molar-refractivity contribution in [2.75, 3.05) is 9.80 Å². The molecule has 6 heteroatoms. The Morgan fingerprint density at radius 1 is 1.16 bits per heavy atom. The number of hydrogen-bond donors (Lipinski definition) is 1. The van der Waals surface area contributed by atoms with Gasteiger partial charge in [-0.2, -0.15) is 5.26 Å². The Kier molecular flexibility index (Phi) is 6.19. The van der Waals surface area contributed by atoms with E-state index < -0.39 is 5.54 Å². The van der Waals surface area contributed by atoms with Crippen molar-refractivity contribution >= 4 is 34.6 Å². The van der Waals surface area contributed by atoms with Crippen LogP contribution in [0.5, 0.6) is 0 Å². The highest BCUT2D eigenvalue weighted by Gasteiger charge is 2.46. The lowest BCUT2D eigenvalue weighted by atomic mass is 9.98. The normalized spacial score (nSPS) is 15.3. The Balaban J connectivity index is 1.92. The van der Waals surface area contributed by atoms with Crippen LogP contribution in [0.15, 0.2) is 48.7 Å². The smallest absolute Gasteiger partial charge is 0.217 e. The molecule has 0 spiro atoms. The second-order valence-corrected chi connectivity index (χ2v) is 8.80. The van der Waals surface area contributed by atoms with Gasteiger partial charge in [-0.1, -0.05) is 18.7 Å². The van der Waals surface area contributed by atoms with Crippen LogP contribution in [-0.2, 0) is 11.2 Å². The number of hydrogen-bond acceptors (Lipinski definition) is 3. The first-order chi connectivity index (χ1) is 14.6. The molecule has 2 aromatic carbocycles. The second-order valence-electron chi connectivity index (χ2n) is 8.44. The third-order valence-electron chi connectivity index (χ3n) is 6.12. The number of primary amides is 1. The molecule has 0 bridgehead atoms. The van der Waals surface area contributed by atoms with Crippen LogP contribution in [0, 0.1) is 25.2 Å². The summed E-state index contributed by atoms with van der Waals surface area (Å²) in [4.78, 5) is 15.1. The molecule has 0 radical (unpaired) electrons. The molecule has 0 aromatic heterocycles. The van der Waals surface area contributed by atoms with Crippen LogP contribution in [-0.4, -0.2) is 16.6 Å². The molecule has 1 amide bonds. The van der Waals surface area contributed by atoms with E-state index in [0.717, 1.165) is 46.6 Å². The molecule has 0 aliphatic carbocycles. The fourth-order valence-electron chi connectivity index (χ4n) is 3.99. The molecular formula is C25H28N4OS. The molecule has 160 valence electrons. The predicted octanol–water partition coefficient (Wildman–Crippen LogP) is 4.89. The third kappa shape index (κ3) is 4.06. The van der Waals surface area contributed by atoms with E-state index in [-0.39, 0.29) is 5.91 Å². The van der Waals surface area contributed by atoms with Gasteiger partial charge in [-0.3, -0.25) is 9.69 Å². The highest BCUT2D eigenvalue weighted by atomic mass is 32.1. The maximum Gasteiger partial charge on any atom is 0.217 e. The van der Waals surface area contributed by atoms with Gasteiger partial charge in [0.2, 0.25) is 5.91 Å². The molecule has 0 atom stereocenters. The van der Waals surface area contributed by atoms with E-state index >= 15 is 0 Å². The zero-order valence-corrected chi connectivity index (χ0v) is 19.3. The number of rotatable bonds is 6.